The maximum atomic E-state index is 13.9. The number of hydrogen-bond donors (Lipinski definition) is 0. The number of ketones is 1. The maximum absolute atomic E-state index is 13.9. The van der Waals surface area contributed by atoms with Crippen LogP contribution < -0.4 is 9.47 Å². The van der Waals surface area contributed by atoms with Gasteiger partial charge >= 0.3 is 0 Å². The lowest BCUT2D eigenvalue weighted by atomic mass is 10.0. The molecule has 3 aromatic carbocycles. The van der Waals surface area contributed by atoms with Crippen LogP contribution in [-0.4, -0.2) is 5.78 Å². The molecule has 1 aliphatic rings. The van der Waals surface area contributed by atoms with Crippen molar-refractivity contribution in [2.45, 2.75) is 13.5 Å². The van der Waals surface area contributed by atoms with Gasteiger partial charge in [0.15, 0.2) is 29.0 Å². The molecule has 0 bridgehead atoms. The third-order valence-electron chi connectivity index (χ3n) is 4.77. The Morgan fingerprint density at radius 2 is 1.62 bits per heavy atom. The van der Waals surface area contributed by atoms with Gasteiger partial charge in [-0.05, 0) is 42.3 Å². The lowest BCUT2D eigenvalue weighted by Crippen LogP contribution is -2.10. The number of fused-ring (bicyclic) bond motifs is 1. The Bertz CT molecular complexity index is 1270. The van der Waals surface area contributed by atoms with E-state index in [9.17, 15) is 26.7 Å². The van der Waals surface area contributed by atoms with E-state index < -0.39 is 41.3 Å². The van der Waals surface area contributed by atoms with Crippen molar-refractivity contribution < 1.29 is 36.2 Å². The summed E-state index contributed by atoms with van der Waals surface area (Å²) in [7, 11) is 0. The second-order valence-corrected chi connectivity index (χ2v) is 7.86. The molecule has 0 unspecified atom stereocenters. The topological polar surface area (TPSA) is 35.5 Å². The van der Waals surface area contributed by atoms with Gasteiger partial charge < -0.3 is 9.47 Å². The number of halogens is 6. The van der Waals surface area contributed by atoms with Crippen LogP contribution in [0.5, 0.6) is 11.5 Å². The largest absolute Gasteiger partial charge is 0.489 e. The van der Waals surface area contributed by atoms with Crippen molar-refractivity contribution in [2.24, 2.45) is 0 Å². The standard InChI is InChI=1S/C23H12BrF5O3/c1-10-5-13(31-9-14-18(25)20(27)22(29)21(28)19(14)26)8-15-17(10)23(30)16(32-15)7-11-3-2-4-12(24)6-11/h2-8H,9H2,1H3/b16-7-. The first-order valence-electron chi connectivity index (χ1n) is 9.15. The number of carbonyl (C=O) groups excluding carboxylic acids is 1. The number of carbonyl (C=O) groups is 1. The predicted molar refractivity (Wildman–Crippen MR) is 109 cm³/mol. The molecular weight excluding hydrogens is 499 g/mol. The average Bonchev–Trinajstić information content (AvgIpc) is 3.06. The van der Waals surface area contributed by atoms with Crippen molar-refractivity contribution in [3.8, 4) is 11.5 Å². The van der Waals surface area contributed by atoms with Crippen molar-refractivity contribution in [2.75, 3.05) is 0 Å². The molecule has 0 radical (unpaired) electrons. The highest BCUT2D eigenvalue weighted by Gasteiger charge is 2.30. The highest BCUT2D eigenvalue weighted by atomic mass is 79.9. The van der Waals surface area contributed by atoms with E-state index in [4.69, 9.17) is 9.47 Å². The maximum Gasteiger partial charge on any atom is 0.232 e. The van der Waals surface area contributed by atoms with E-state index in [2.05, 4.69) is 15.9 Å². The van der Waals surface area contributed by atoms with Gasteiger partial charge in [0.1, 0.15) is 18.1 Å². The zero-order valence-electron chi connectivity index (χ0n) is 16.2. The van der Waals surface area contributed by atoms with Gasteiger partial charge in [-0.25, -0.2) is 22.0 Å². The van der Waals surface area contributed by atoms with Crippen LogP contribution in [0.3, 0.4) is 0 Å². The lowest BCUT2D eigenvalue weighted by Gasteiger charge is -2.11. The minimum absolute atomic E-state index is 0.0293. The van der Waals surface area contributed by atoms with E-state index in [1.807, 2.05) is 6.07 Å². The normalized spacial score (nSPS) is 14.0. The second-order valence-electron chi connectivity index (χ2n) is 6.95. The molecule has 0 N–H and O–H groups in total. The van der Waals surface area contributed by atoms with Gasteiger partial charge in [-0.3, -0.25) is 4.79 Å². The number of Topliss-reactive ketones (excluding diaryl/α,β-unsaturated/α-hetero) is 1. The van der Waals surface area contributed by atoms with Crippen LogP contribution in [0.1, 0.15) is 27.0 Å². The fraction of sp³-hybridized carbons (Fsp3) is 0.0870. The summed E-state index contributed by atoms with van der Waals surface area (Å²) in [5.41, 5.74) is 0.357. The summed E-state index contributed by atoms with van der Waals surface area (Å²) in [4.78, 5) is 12.7. The fourth-order valence-electron chi connectivity index (χ4n) is 3.24. The van der Waals surface area contributed by atoms with Gasteiger partial charge in [-0.2, -0.15) is 0 Å². The van der Waals surface area contributed by atoms with Crippen LogP contribution in [-0.2, 0) is 6.61 Å². The monoisotopic (exact) mass is 510 g/mol. The van der Waals surface area contributed by atoms with Gasteiger partial charge in [0, 0.05) is 10.5 Å². The highest BCUT2D eigenvalue weighted by Crippen LogP contribution is 2.38. The highest BCUT2D eigenvalue weighted by molar-refractivity contribution is 9.10. The molecule has 3 aromatic rings. The Kier molecular flexibility index (Phi) is 5.77. The molecule has 1 aliphatic heterocycles. The van der Waals surface area contributed by atoms with Gasteiger partial charge in [0.2, 0.25) is 11.6 Å². The molecule has 32 heavy (non-hydrogen) atoms. The van der Waals surface area contributed by atoms with Gasteiger partial charge in [0.05, 0.1) is 11.1 Å². The average molecular weight is 511 g/mol. The van der Waals surface area contributed by atoms with Crippen molar-refractivity contribution in [1.82, 2.24) is 0 Å². The summed E-state index contributed by atoms with van der Waals surface area (Å²) >= 11 is 3.34. The van der Waals surface area contributed by atoms with Gasteiger partial charge in [-0.1, -0.05) is 28.1 Å². The molecule has 0 saturated heterocycles. The van der Waals surface area contributed by atoms with Crippen LogP contribution in [0, 0.1) is 36.0 Å². The SMILES string of the molecule is Cc1cc(OCc2c(F)c(F)c(F)c(F)c2F)cc2c1C(=O)/C(=C/c1cccc(Br)c1)O2. The van der Waals surface area contributed by atoms with E-state index >= 15 is 0 Å². The Morgan fingerprint density at radius 1 is 0.969 bits per heavy atom. The number of aryl methyl sites for hydroxylation is 1. The number of hydrogen-bond acceptors (Lipinski definition) is 3. The molecular formula is C23H12BrF5O3. The molecule has 0 atom stereocenters. The smallest absolute Gasteiger partial charge is 0.232 e. The van der Waals surface area contributed by atoms with E-state index in [0.29, 0.717) is 5.56 Å². The van der Waals surface area contributed by atoms with Crippen LogP contribution in [0.15, 0.2) is 46.6 Å². The summed E-state index contributed by atoms with van der Waals surface area (Å²) in [6, 6.07) is 9.91. The van der Waals surface area contributed by atoms with Gasteiger partial charge in [0.25, 0.3) is 0 Å². The summed E-state index contributed by atoms with van der Waals surface area (Å²) in [6.45, 7) is 0.687. The van der Waals surface area contributed by atoms with Crippen molar-refractivity contribution in [3.63, 3.8) is 0 Å². The first-order valence-corrected chi connectivity index (χ1v) is 9.94. The Hall–Kier alpha value is -3.20. The quantitative estimate of drug-likeness (QED) is 0.170. The van der Waals surface area contributed by atoms with Crippen molar-refractivity contribution in [3.05, 3.63) is 98.0 Å². The van der Waals surface area contributed by atoms with E-state index in [1.165, 1.54) is 12.1 Å². The predicted octanol–water partition coefficient (Wildman–Crippen LogP) is 6.65. The summed E-state index contributed by atoms with van der Waals surface area (Å²) in [6.07, 6.45) is 1.56. The van der Waals surface area contributed by atoms with Crippen LogP contribution in [0.4, 0.5) is 22.0 Å². The van der Waals surface area contributed by atoms with Crippen LogP contribution in [0.2, 0.25) is 0 Å². The number of rotatable bonds is 4. The zero-order chi connectivity index (χ0) is 23.2. The molecule has 0 spiro atoms. The molecule has 0 aliphatic carbocycles. The Labute approximate surface area is 187 Å². The van der Waals surface area contributed by atoms with Crippen LogP contribution >= 0.6 is 15.9 Å². The van der Waals surface area contributed by atoms with Crippen molar-refractivity contribution >= 4 is 27.8 Å². The summed E-state index contributed by atoms with van der Waals surface area (Å²) in [5.74, 6) is -10.4. The molecule has 4 rings (SSSR count). The minimum Gasteiger partial charge on any atom is -0.489 e. The third kappa shape index (κ3) is 3.88. The van der Waals surface area contributed by atoms with Gasteiger partial charge in [-0.15, -0.1) is 0 Å². The molecule has 0 fully saturated rings. The van der Waals surface area contributed by atoms with Crippen LogP contribution in [0.25, 0.3) is 6.08 Å². The first kappa shape index (κ1) is 22.0. The van der Waals surface area contributed by atoms with E-state index in [0.717, 1.165) is 10.0 Å². The number of benzene rings is 3. The molecule has 0 aromatic heterocycles. The molecule has 164 valence electrons. The minimum atomic E-state index is -2.24. The molecule has 1 heterocycles. The van der Waals surface area contributed by atoms with E-state index in [1.54, 1.807) is 31.2 Å². The molecule has 3 nitrogen and oxygen atoms in total. The zero-order valence-corrected chi connectivity index (χ0v) is 17.8. The Balaban J connectivity index is 1.61. The third-order valence-corrected chi connectivity index (χ3v) is 5.27. The second kappa shape index (κ2) is 8.38. The fourth-order valence-corrected chi connectivity index (χ4v) is 3.66. The van der Waals surface area contributed by atoms with Crippen molar-refractivity contribution in [1.29, 1.82) is 0 Å². The molecule has 9 heteroatoms. The number of ether oxygens (including phenoxy) is 2. The summed E-state index contributed by atoms with van der Waals surface area (Å²) < 4.78 is 79.4. The Morgan fingerprint density at radius 3 is 2.28 bits per heavy atom. The summed E-state index contributed by atoms with van der Waals surface area (Å²) in [5, 5.41) is 0. The van der Waals surface area contributed by atoms with E-state index in [-0.39, 0.29) is 28.6 Å². The molecule has 0 saturated carbocycles. The molecule has 0 amide bonds. The first-order chi connectivity index (χ1) is 15.2. The lowest BCUT2D eigenvalue weighted by molar-refractivity contribution is 0.101. The number of allylic oxidation sites excluding steroid dienone is 1.